The third kappa shape index (κ3) is 5.57. The summed E-state index contributed by atoms with van der Waals surface area (Å²) in [6.07, 6.45) is 4.06. The number of nitrogens with zero attached hydrogens (tertiary/aromatic N) is 1. The van der Waals surface area contributed by atoms with E-state index in [1.807, 2.05) is 0 Å². The normalized spacial score (nSPS) is 21.9. The highest BCUT2D eigenvalue weighted by atomic mass is 32.2. The van der Waals surface area contributed by atoms with Gasteiger partial charge in [0, 0.05) is 19.6 Å². The van der Waals surface area contributed by atoms with Crippen LogP contribution in [-0.2, 0) is 14.4 Å². The minimum Gasteiger partial charge on any atom is -0.481 e. The molecule has 0 spiro atoms. The van der Waals surface area contributed by atoms with E-state index in [1.165, 1.54) is 12.8 Å². The van der Waals surface area contributed by atoms with Crippen molar-refractivity contribution < 1.29 is 19.5 Å². The number of carboxylic acid groups (broad SMARTS) is 1. The van der Waals surface area contributed by atoms with E-state index in [-0.39, 0.29) is 29.2 Å². The van der Waals surface area contributed by atoms with Gasteiger partial charge in [-0.2, -0.15) is 0 Å². The number of piperidine rings is 1. The zero-order valence-corrected chi connectivity index (χ0v) is 12.9. The maximum Gasteiger partial charge on any atom is 0.313 e. The summed E-state index contributed by atoms with van der Waals surface area (Å²) in [6.45, 7) is 1.89. The van der Waals surface area contributed by atoms with Crippen LogP contribution in [0.2, 0.25) is 0 Å². The zero-order chi connectivity index (χ0) is 15.2. The lowest BCUT2D eigenvalue weighted by atomic mass is 9.97. The zero-order valence-electron chi connectivity index (χ0n) is 12.0. The Morgan fingerprint density at radius 3 is 2.62 bits per heavy atom. The molecule has 0 aromatic carbocycles. The van der Waals surface area contributed by atoms with Gasteiger partial charge < -0.3 is 15.3 Å². The van der Waals surface area contributed by atoms with Crippen LogP contribution in [0.4, 0.5) is 0 Å². The fraction of sp³-hybridized carbons (Fsp3) is 0.786. The van der Waals surface area contributed by atoms with E-state index in [1.54, 1.807) is 4.90 Å². The number of aliphatic carboxylic acids is 1. The van der Waals surface area contributed by atoms with Gasteiger partial charge >= 0.3 is 5.97 Å². The summed E-state index contributed by atoms with van der Waals surface area (Å²) in [7, 11) is 0. The van der Waals surface area contributed by atoms with Crippen LogP contribution in [0.3, 0.4) is 0 Å². The number of carbonyl (C=O) groups excluding carboxylic acids is 2. The minimum absolute atomic E-state index is 0.0533. The Kier molecular flexibility index (Phi) is 5.90. The fourth-order valence-corrected chi connectivity index (χ4v) is 3.08. The van der Waals surface area contributed by atoms with E-state index in [9.17, 15) is 14.4 Å². The van der Waals surface area contributed by atoms with Crippen LogP contribution in [0, 0.1) is 11.8 Å². The van der Waals surface area contributed by atoms with Gasteiger partial charge in [-0.1, -0.05) is 0 Å². The minimum atomic E-state index is -0.913. The van der Waals surface area contributed by atoms with E-state index in [2.05, 4.69) is 5.32 Å². The summed E-state index contributed by atoms with van der Waals surface area (Å²) in [5, 5.41) is 11.5. The number of amides is 2. The maximum atomic E-state index is 12.1. The molecular weight excluding hydrogens is 292 g/mol. The Balaban J connectivity index is 1.72. The molecule has 7 heteroatoms. The lowest BCUT2D eigenvalue weighted by Crippen LogP contribution is -2.46. The number of rotatable bonds is 7. The molecule has 2 rings (SSSR count). The van der Waals surface area contributed by atoms with Gasteiger partial charge in [0.05, 0.1) is 17.4 Å². The molecule has 6 nitrogen and oxygen atoms in total. The van der Waals surface area contributed by atoms with Gasteiger partial charge in [-0.05, 0) is 31.6 Å². The molecular formula is C14H22N2O4S. The number of hydrogen-bond donors (Lipinski definition) is 2. The molecule has 1 aliphatic carbocycles. The van der Waals surface area contributed by atoms with Crippen LogP contribution in [-0.4, -0.2) is 58.9 Å². The fourth-order valence-electron chi connectivity index (χ4n) is 2.45. The van der Waals surface area contributed by atoms with Gasteiger partial charge in [0.25, 0.3) is 0 Å². The molecule has 1 unspecified atom stereocenters. The van der Waals surface area contributed by atoms with Crippen molar-refractivity contribution in [2.75, 3.05) is 31.1 Å². The maximum absolute atomic E-state index is 12.1. The molecule has 0 bridgehead atoms. The van der Waals surface area contributed by atoms with Gasteiger partial charge in [0.15, 0.2) is 0 Å². The number of thioether (sulfide) groups is 1. The second kappa shape index (κ2) is 7.68. The number of nitrogens with one attached hydrogen (secondary N) is 1. The number of likely N-dealkylation sites (tertiary alicyclic amines) is 1. The first-order chi connectivity index (χ1) is 10.1. The molecule has 0 aromatic rings. The van der Waals surface area contributed by atoms with Gasteiger partial charge in [0.1, 0.15) is 0 Å². The van der Waals surface area contributed by atoms with Crippen LogP contribution in [0.5, 0.6) is 0 Å². The Morgan fingerprint density at radius 1 is 1.19 bits per heavy atom. The second-order valence-corrected chi connectivity index (χ2v) is 6.74. The lowest BCUT2D eigenvalue weighted by Gasteiger charge is -2.32. The third-order valence-corrected chi connectivity index (χ3v) is 4.76. The summed E-state index contributed by atoms with van der Waals surface area (Å²) in [6, 6.07) is 0. The predicted molar refractivity (Wildman–Crippen MR) is 80.0 cm³/mol. The molecule has 118 valence electrons. The molecule has 1 aliphatic heterocycles. The lowest BCUT2D eigenvalue weighted by molar-refractivity contribution is -0.134. The van der Waals surface area contributed by atoms with Crippen molar-refractivity contribution >= 4 is 29.5 Å². The van der Waals surface area contributed by atoms with Gasteiger partial charge in [-0.25, -0.2) is 0 Å². The molecule has 2 fully saturated rings. The molecule has 0 aromatic heterocycles. The first-order valence-corrected chi connectivity index (χ1v) is 8.56. The number of hydrogen-bond acceptors (Lipinski definition) is 4. The van der Waals surface area contributed by atoms with Crippen LogP contribution < -0.4 is 5.32 Å². The van der Waals surface area contributed by atoms with E-state index in [0.717, 1.165) is 31.1 Å². The molecule has 21 heavy (non-hydrogen) atoms. The summed E-state index contributed by atoms with van der Waals surface area (Å²) < 4.78 is 0. The molecule has 2 amide bonds. The summed E-state index contributed by atoms with van der Waals surface area (Å²) in [5.41, 5.74) is 0. The molecule has 1 heterocycles. The van der Waals surface area contributed by atoms with Crippen molar-refractivity contribution in [3.05, 3.63) is 0 Å². The monoisotopic (exact) mass is 314 g/mol. The van der Waals surface area contributed by atoms with Crippen molar-refractivity contribution in [1.82, 2.24) is 10.2 Å². The standard InChI is InChI=1S/C14H22N2O4S/c17-12(8-21-9-13(18)19)16-5-1-2-11(7-16)14(20)15-6-10-3-4-10/h10-11H,1-9H2,(H,15,20)(H,18,19). The van der Waals surface area contributed by atoms with E-state index in [4.69, 9.17) is 5.11 Å². The average Bonchev–Trinajstić information content (AvgIpc) is 3.28. The SMILES string of the molecule is O=C(O)CSCC(=O)N1CCCC(C(=O)NCC2CC2)C1. The van der Waals surface area contributed by atoms with Crippen LogP contribution in [0.25, 0.3) is 0 Å². The molecule has 1 saturated carbocycles. The van der Waals surface area contributed by atoms with Crippen molar-refractivity contribution in [3.8, 4) is 0 Å². The van der Waals surface area contributed by atoms with Crippen LogP contribution in [0.15, 0.2) is 0 Å². The number of carboxylic acids is 1. The number of carbonyl (C=O) groups is 3. The molecule has 1 saturated heterocycles. The Hall–Kier alpha value is -1.24. The molecule has 2 N–H and O–H groups in total. The van der Waals surface area contributed by atoms with Crippen molar-refractivity contribution in [3.63, 3.8) is 0 Å². The third-order valence-electron chi connectivity index (χ3n) is 3.86. The Bertz CT molecular complexity index is 412. The van der Waals surface area contributed by atoms with Crippen LogP contribution >= 0.6 is 11.8 Å². The van der Waals surface area contributed by atoms with Crippen LogP contribution in [0.1, 0.15) is 25.7 Å². The highest BCUT2D eigenvalue weighted by Crippen LogP contribution is 2.28. The Morgan fingerprint density at radius 2 is 1.95 bits per heavy atom. The quantitative estimate of drug-likeness (QED) is 0.717. The van der Waals surface area contributed by atoms with Gasteiger partial charge in [-0.3, -0.25) is 14.4 Å². The predicted octanol–water partition coefficient (Wildman–Crippen LogP) is 0.569. The highest BCUT2D eigenvalue weighted by Gasteiger charge is 2.29. The summed E-state index contributed by atoms with van der Waals surface area (Å²) >= 11 is 1.10. The van der Waals surface area contributed by atoms with Crippen molar-refractivity contribution in [1.29, 1.82) is 0 Å². The summed E-state index contributed by atoms with van der Waals surface area (Å²) in [4.78, 5) is 36.2. The smallest absolute Gasteiger partial charge is 0.313 e. The van der Waals surface area contributed by atoms with E-state index >= 15 is 0 Å². The molecule has 1 atom stereocenters. The van der Waals surface area contributed by atoms with E-state index in [0.29, 0.717) is 19.0 Å². The largest absolute Gasteiger partial charge is 0.481 e. The first kappa shape index (κ1) is 16.1. The van der Waals surface area contributed by atoms with Crippen molar-refractivity contribution in [2.24, 2.45) is 11.8 Å². The van der Waals surface area contributed by atoms with Crippen molar-refractivity contribution in [2.45, 2.75) is 25.7 Å². The molecule has 0 radical (unpaired) electrons. The average molecular weight is 314 g/mol. The Labute approximate surface area is 128 Å². The van der Waals surface area contributed by atoms with Gasteiger partial charge in [0.2, 0.25) is 11.8 Å². The summed E-state index contributed by atoms with van der Waals surface area (Å²) in [5.74, 6) is -0.288. The molecule has 2 aliphatic rings. The first-order valence-electron chi connectivity index (χ1n) is 7.41. The van der Waals surface area contributed by atoms with Gasteiger partial charge in [-0.15, -0.1) is 11.8 Å². The highest BCUT2D eigenvalue weighted by molar-refractivity contribution is 8.00. The topological polar surface area (TPSA) is 86.7 Å². The second-order valence-electron chi connectivity index (χ2n) is 5.75. The van der Waals surface area contributed by atoms with E-state index < -0.39 is 5.97 Å².